The summed E-state index contributed by atoms with van der Waals surface area (Å²) in [5.74, 6) is 0.398. The molecule has 0 aliphatic heterocycles. The Morgan fingerprint density at radius 1 is 1.44 bits per heavy atom. The molecule has 0 saturated carbocycles. The van der Waals surface area contributed by atoms with Crippen molar-refractivity contribution in [2.75, 3.05) is 20.1 Å². The number of aromatic nitrogens is 1. The number of hydrogen-bond donors (Lipinski definition) is 4. The lowest BCUT2D eigenvalue weighted by molar-refractivity contribution is -0.121. The van der Waals surface area contributed by atoms with E-state index in [0.29, 0.717) is 32.0 Å². The van der Waals surface area contributed by atoms with Gasteiger partial charge in [-0.3, -0.25) is 15.0 Å². The number of carbonyl (C=O) groups excluding carboxylic acids is 1. The first-order chi connectivity index (χ1) is 12.8. The number of rotatable bonds is 13. The van der Waals surface area contributed by atoms with Crippen molar-refractivity contribution in [3.63, 3.8) is 0 Å². The van der Waals surface area contributed by atoms with Crippen LogP contribution < -0.4 is 16.4 Å². The van der Waals surface area contributed by atoms with Crippen LogP contribution in [0, 0.1) is 0 Å². The number of hydrogen-bond acceptors (Lipinski definition) is 8. The molecule has 5 N–H and O–H groups in total. The van der Waals surface area contributed by atoms with Gasteiger partial charge in [0.1, 0.15) is 5.78 Å². The van der Waals surface area contributed by atoms with E-state index < -0.39 is 12.4 Å². The van der Waals surface area contributed by atoms with Crippen LogP contribution in [0.4, 0.5) is 0 Å². The predicted molar refractivity (Wildman–Crippen MR) is 111 cm³/mol. The number of aliphatic hydroxyl groups is 1. The number of Topliss-reactive ketones (excluding diaryl/α,β-unsaturated/α-hetero) is 1. The largest absolute Gasteiger partial charge is 0.405 e. The third-order valence-corrected chi connectivity index (χ3v) is 5.16. The molecule has 1 rings (SSSR count). The lowest BCUT2D eigenvalue weighted by atomic mass is 10.1. The standard InChI is InChI=1S/C19H33N5O2S/c1-14(2)18-22-16(13-27-18)12-24(4)19(26)23-17(15(3)25)8-11-21-10-7-5-6-9-20/h5-7,9,13-14,17,19,21,23,26H,8,10-12,20H2,1-4H3/b7-5-,9-6-. The highest BCUT2D eigenvalue weighted by atomic mass is 32.1. The summed E-state index contributed by atoms with van der Waals surface area (Å²) in [6, 6.07) is -0.412. The smallest absolute Gasteiger partial charge is 0.163 e. The highest BCUT2D eigenvalue weighted by Gasteiger charge is 2.20. The molecule has 2 atom stereocenters. The number of thiazole rings is 1. The molecule has 1 aromatic rings. The highest BCUT2D eigenvalue weighted by molar-refractivity contribution is 7.09. The van der Waals surface area contributed by atoms with Gasteiger partial charge >= 0.3 is 0 Å². The van der Waals surface area contributed by atoms with Gasteiger partial charge in [-0.2, -0.15) is 0 Å². The quantitative estimate of drug-likeness (QED) is 0.228. The minimum atomic E-state index is -0.919. The van der Waals surface area contributed by atoms with E-state index in [4.69, 9.17) is 5.73 Å². The molecule has 8 heteroatoms. The van der Waals surface area contributed by atoms with Gasteiger partial charge in [-0.25, -0.2) is 4.98 Å². The molecule has 0 aliphatic rings. The Morgan fingerprint density at radius 2 is 2.19 bits per heavy atom. The maximum Gasteiger partial charge on any atom is 0.163 e. The maximum absolute atomic E-state index is 11.9. The Balaban J connectivity index is 2.43. The van der Waals surface area contributed by atoms with Crippen molar-refractivity contribution in [2.24, 2.45) is 5.73 Å². The highest BCUT2D eigenvalue weighted by Crippen LogP contribution is 2.19. The van der Waals surface area contributed by atoms with Gasteiger partial charge in [-0.1, -0.05) is 26.0 Å². The Hall–Kier alpha value is -1.58. The van der Waals surface area contributed by atoms with Crippen LogP contribution in [-0.2, 0) is 11.3 Å². The number of nitrogens with zero attached hydrogens (tertiary/aromatic N) is 2. The summed E-state index contributed by atoms with van der Waals surface area (Å²) in [6.07, 6.45) is 6.70. The average Bonchev–Trinajstić information content (AvgIpc) is 3.08. The summed E-state index contributed by atoms with van der Waals surface area (Å²) in [4.78, 5) is 18.2. The Morgan fingerprint density at radius 3 is 2.78 bits per heavy atom. The van der Waals surface area contributed by atoms with Gasteiger partial charge < -0.3 is 16.2 Å². The van der Waals surface area contributed by atoms with E-state index in [2.05, 4.69) is 29.5 Å². The fourth-order valence-electron chi connectivity index (χ4n) is 2.36. The Labute approximate surface area is 166 Å². The molecule has 1 heterocycles. The predicted octanol–water partition coefficient (Wildman–Crippen LogP) is 1.53. The zero-order chi connectivity index (χ0) is 20.2. The summed E-state index contributed by atoms with van der Waals surface area (Å²) in [5.41, 5.74) is 6.17. The number of ketones is 1. The zero-order valence-corrected chi connectivity index (χ0v) is 17.5. The Bertz CT molecular complexity index is 615. The fraction of sp³-hybridized carbons (Fsp3) is 0.579. The summed E-state index contributed by atoms with van der Waals surface area (Å²) in [7, 11) is 1.80. The van der Waals surface area contributed by atoms with Gasteiger partial charge in [0.2, 0.25) is 0 Å². The zero-order valence-electron chi connectivity index (χ0n) is 16.7. The molecule has 0 aromatic carbocycles. The lowest BCUT2D eigenvalue weighted by Crippen LogP contribution is -2.51. The van der Waals surface area contributed by atoms with Gasteiger partial charge in [0.25, 0.3) is 0 Å². The van der Waals surface area contributed by atoms with Gasteiger partial charge in [-0.05, 0) is 39.2 Å². The molecular formula is C19H33N5O2S. The van der Waals surface area contributed by atoms with Gasteiger partial charge in [0.05, 0.1) is 16.7 Å². The van der Waals surface area contributed by atoms with E-state index in [1.54, 1.807) is 29.4 Å². The second-order valence-corrected chi connectivity index (χ2v) is 7.65. The number of allylic oxidation sites excluding steroid dienone is 2. The van der Waals surface area contributed by atoms with Gasteiger partial charge in [0.15, 0.2) is 6.35 Å². The van der Waals surface area contributed by atoms with Gasteiger partial charge in [-0.15, -0.1) is 11.3 Å². The third-order valence-electron chi connectivity index (χ3n) is 3.96. The first-order valence-electron chi connectivity index (χ1n) is 9.18. The maximum atomic E-state index is 11.9. The molecule has 152 valence electrons. The molecule has 0 amide bonds. The van der Waals surface area contributed by atoms with E-state index in [1.807, 2.05) is 17.5 Å². The molecule has 0 aliphatic carbocycles. The second-order valence-electron chi connectivity index (χ2n) is 6.76. The molecule has 0 bridgehead atoms. The lowest BCUT2D eigenvalue weighted by Gasteiger charge is -2.27. The van der Waals surface area contributed by atoms with Crippen molar-refractivity contribution in [1.29, 1.82) is 0 Å². The van der Waals surface area contributed by atoms with E-state index in [-0.39, 0.29) is 5.78 Å². The second kappa shape index (κ2) is 12.7. The minimum absolute atomic E-state index is 0.00149. The van der Waals surface area contributed by atoms with Crippen LogP contribution in [0.2, 0.25) is 0 Å². The molecule has 2 unspecified atom stereocenters. The molecule has 0 radical (unpaired) electrons. The third kappa shape index (κ3) is 9.25. The molecule has 0 saturated heterocycles. The topological polar surface area (TPSA) is 104 Å². The van der Waals surface area contributed by atoms with Crippen molar-refractivity contribution >= 4 is 17.1 Å². The normalized spacial score (nSPS) is 14.6. The van der Waals surface area contributed by atoms with E-state index in [1.165, 1.54) is 13.1 Å². The van der Waals surface area contributed by atoms with Crippen molar-refractivity contribution in [3.8, 4) is 0 Å². The van der Waals surface area contributed by atoms with Gasteiger partial charge in [0, 0.05) is 24.4 Å². The first kappa shape index (κ1) is 23.5. The van der Waals surface area contributed by atoms with Crippen molar-refractivity contribution in [3.05, 3.63) is 40.5 Å². The van der Waals surface area contributed by atoms with Crippen LogP contribution in [0.15, 0.2) is 29.8 Å². The Kier molecular flexibility index (Phi) is 11.1. The number of nitrogens with two attached hydrogens (primary N) is 1. The molecule has 0 fully saturated rings. The minimum Gasteiger partial charge on any atom is -0.405 e. The summed E-state index contributed by atoms with van der Waals surface area (Å²) >= 11 is 1.63. The fourth-order valence-corrected chi connectivity index (χ4v) is 3.18. The molecular weight excluding hydrogens is 362 g/mol. The van der Waals surface area contributed by atoms with Crippen molar-refractivity contribution in [1.82, 2.24) is 20.5 Å². The molecule has 0 spiro atoms. The van der Waals surface area contributed by atoms with E-state index in [0.717, 1.165) is 10.7 Å². The first-order valence-corrected chi connectivity index (χ1v) is 10.1. The molecule has 27 heavy (non-hydrogen) atoms. The van der Waals surface area contributed by atoms with Crippen LogP contribution in [0.1, 0.15) is 43.8 Å². The number of carbonyl (C=O) groups is 1. The van der Waals surface area contributed by atoms with Crippen LogP contribution in [0.5, 0.6) is 0 Å². The summed E-state index contributed by atoms with van der Waals surface area (Å²) in [5, 5.41) is 19.7. The van der Waals surface area contributed by atoms with E-state index in [9.17, 15) is 9.90 Å². The average molecular weight is 396 g/mol. The van der Waals surface area contributed by atoms with Crippen LogP contribution in [0.25, 0.3) is 0 Å². The summed E-state index contributed by atoms with van der Waals surface area (Å²) < 4.78 is 0. The monoisotopic (exact) mass is 395 g/mol. The van der Waals surface area contributed by atoms with Crippen LogP contribution in [-0.4, -0.2) is 53.3 Å². The van der Waals surface area contributed by atoms with Crippen LogP contribution >= 0.6 is 11.3 Å². The van der Waals surface area contributed by atoms with E-state index >= 15 is 0 Å². The summed E-state index contributed by atoms with van der Waals surface area (Å²) in [6.45, 7) is 7.62. The molecule has 1 aromatic heterocycles. The van der Waals surface area contributed by atoms with Crippen LogP contribution in [0.3, 0.4) is 0 Å². The molecule has 7 nitrogen and oxygen atoms in total. The number of aliphatic hydroxyl groups excluding tert-OH is 1. The number of nitrogens with one attached hydrogen (secondary N) is 2. The van der Waals surface area contributed by atoms with Crippen molar-refractivity contribution < 1.29 is 9.90 Å². The SMILES string of the molecule is CC(=O)C(CCNC/C=C\C=C/N)NC(O)N(C)Cc1csc(C(C)C)n1. The van der Waals surface area contributed by atoms with Crippen molar-refractivity contribution in [2.45, 2.75) is 52.0 Å².